The van der Waals surface area contributed by atoms with E-state index < -0.39 is 0 Å². The molecule has 0 atom stereocenters. The standard InChI is InChI=1S/C15H19Br2N3S/c1-5-6-18-15-12(8(2)3)9(4)19-14(20-15)11-7-10(16)13(17)21-11/h7-8H,5-6H2,1-4H3,(H,18,19,20). The maximum absolute atomic E-state index is 4.76. The van der Waals surface area contributed by atoms with Crippen LogP contribution in [0.15, 0.2) is 14.3 Å². The van der Waals surface area contributed by atoms with Gasteiger partial charge in [0, 0.05) is 22.3 Å². The van der Waals surface area contributed by atoms with E-state index in [-0.39, 0.29) is 0 Å². The Morgan fingerprint density at radius 1 is 1.29 bits per heavy atom. The molecule has 0 aromatic carbocycles. The van der Waals surface area contributed by atoms with Crippen LogP contribution >= 0.6 is 43.2 Å². The van der Waals surface area contributed by atoms with Gasteiger partial charge in [0.2, 0.25) is 0 Å². The zero-order valence-corrected chi connectivity index (χ0v) is 16.6. The Morgan fingerprint density at radius 2 is 2.00 bits per heavy atom. The summed E-state index contributed by atoms with van der Waals surface area (Å²) in [7, 11) is 0. The predicted octanol–water partition coefficient (Wildman–Crippen LogP) is 5.98. The Morgan fingerprint density at radius 3 is 2.52 bits per heavy atom. The lowest BCUT2D eigenvalue weighted by molar-refractivity contribution is 0.827. The number of rotatable bonds is 5. The van der Waals surface area contributed by atoms with Crippen LogP contribution in [0.1, 0.15) is 44.4 Å². The Kier molecular flexibility index (Phi) is 5.80. The van der Waals surface area contributed by atoms with Gasteiger partial charge >= 0.3 is 0 Å². The first-order valence-corrected chi connectivity index (χ1v) is 9.41. The molecule has 2 heterocycles. The molecular formula is C15H19Br2N3S. The van der Waals surface area contributed by atoms with Gasteiger partial charge < -0.3 is 5.32 Å². The summed E-state index contributed by atoms with van der Waals surface area (Å²) in [6, 6.07) is 2.06. The number of nitrogens with one attached hydrogen (secondary N) is 1. The first kappa shape index (κ1) is 16.9. The first-order valence-electron chi connectivity index (χ1n) is 7.01. The van der Waals surface area contributed by atoms with Crippen LogP contribution in [0.2, 0.25) is 0 Å². The number of hydrogen-bond donors (Lipinski definition) is 1. The molecule has 2 aromatic rings. The lowest BCUT2D eigenvalue weighted by Crippen LogP contribution is -2.10. The Bertz CT molecular complexity index is 619. The van der Waals surface area contributed by atoms with E-state index in [1.54, 1.807) is 11.3 Å². The molecule has 21 heavy (non-hydrogen) atoms. The van der Waals surface area contributed by atoms with Gasteiger partial charge in [0.1, 0.15) is 5.82 Å². The molecule has 0 fully saturated rings. The molecule has 1 N–H and O–H groups in total. The summed E-state index contributed by atoms with van der Waals surface area (Å²) in [6.07, 6.45) is 1.08. The van der Waals surface area contributed by atoms with Crippen molar-refractivity contribution in [3.63, 3.8) is 0 Å². The highest BCUT2D eigenvalue weighted by molar-refractivity contribution is 9.13. The molecule has 0 bridgehead atoms. The van der Waals surface area contributed by atoms with E-state index >= 15 is 0 Å². The van der Waals surface area contributed by atoms with Gasteiger partial charge in [-0.2, -0.15) is 0 Å². The number of thiophene rings is 1. The van der Waals surface area contributed by atoms with E-state index in [0.717, 1.165) is 43.4 Å². The van der Waals surface area contributed by atoms with Crippen molar-refractivity contribution < 1.29 is 0 Å². The summed E-state index contributed by atoms with van der Waals surface area (Å²) in [6.45, 7) is 9.51. The molecule has 0 saturated heterocycles. The van der Waals surface area contributed by atoms with Gasteiger partial charge in [0.05, 0.1) is 8.66 Å². The molecule has 0 saturated carbocycles. The summed E-state index contributed by atoms with van der Waals surface area (Å²) >= 11 is 8.69. The zero-order chi connectivity index (χ0) is 15.6. The smallest absolute Gasteiger partial charge is 0.171 e. The SMILES string of the molecule is CCCNc1nc(-c2cc(Br)c(Br)s2)nc(C)c1C(C)C. The van der Waals surface area contributed by atoms with E-state index in [1.807, 2.05) is 0 Å². The highest BCUT2D eigenvalue weighted by Crippen LogP contribution is 2.38. The topological polar surface area (TPSA) is 37.8 Å². The van der Waals surface area contributed by atoms with Crippen LogP contribution in [0.25, 0.3) is 10.7 Å². The van der Waals surface area contributed by atoms with Gasteiger partial charge in [-0.1, -0.05) is 20.8 Å². The van der Waals surface area contributed by atoms with Crippen LogP contribution in [-0.2, 0) is 0 Å². The average molecular weight is 433 g/mol. The monoisotopic (exact) mass is 431 g/mol. The number of anilines is 1. The maximum atomic E-state index is 4.76. The fourth-order valence-corrected chi connectivity index (χ4v) is 4.19. The summed E-state index contributed by atoms with van der Waals surface area (Å²) in [5.41, 5.74) is 2.26. The van der Waals surface area contributed by atoms with Crippen LogP contribution in [0, 0.1) is 6.92 Å². The molecule has 2 rings (SSSR count). The van der Waals surface area contributed by atoms with Gasteiger partial charge in [0.15, 0.2) is 5.82 Å². The van der Waals surface area contributed by atoms with Gasteiger partial charge in [-0.3, -0.25) is 0 Å². The van der Waals surface area contributed by atoms with Crippen LogP contribution < -0.4 is 5.32 Å². The third-order valence-corrected chi connectivity index (χ3v) is 6.37. The average Bonchev–Trinajstić information content (AvgIpc) is 2.75. The second-order valence-corrected chi connectivity index (χ2v) is 8.43. The normalized spacial score (nSPS) is 11.2. The van der Waals surface area contributed by atoms with Crippen molar-refractivity contribution in [1.82, 2.24) is 9.97 Å². The Hall–Kier alpha value is -0.460. The molecule has 6 heteroatoms. The van der Waals surface area contributed by atoms with Gasteiger partial charge in [0.25, 0.3) is 0 Å². The van der Waals surface area contributed by atoms with Crippen LogP contribution in [0.5, 0.6) is 0 Å². The van der Waals surface area contributed by atoms with Crippen molar-refractivity contribution in [2.45, 2.75) is 40.0 Å². The molecule has 3 nitrogen and oxygen atoms in total. The summed E-state index contributed by atoms with van der Waals surface area (Å²) in [4.78, 5) is 10.5. The fourth-order valence-electron chi connectivity index (χ4n) is 2.22. The van der Waals surface area contributed by atoms with Crippen LogP contribution in [0.3, 0.4) is 0 Å². The third-order valence-electron chi connectivity index (χ3n) is 3.12. The van der Waals surface area contributed by atoms with Crippen LogP contribution in [-0.4, -0.2) is 16.5 Å². The van der Waals surface area contributed by atoms with Gasteiger partial charge in [-0.15, -0.1) is 11.3 Å². The second-order valence-electron chi connectivity index (χ2n) is 5.21. The molecule has 0 unspecified atom stereocenters. The quantitative estimate of drug-likeness (QED) is 0.630. The van der Waals surface area contributed by atoms with E-state index in [2.05, 4.69) is 70.9 Å². The molecule has 0 aliphatic rings. The molecule has 0 amide bonds. The van der Waals surface area contributed by atoms with Gasteiger partial charge in [-0.25, -0.2) is 9.97 Å². The predicted molar refractivity (Wildman–Crippen MR) is 98.4 cm³/mol. The Balaban J connectivity index is 2.51. The number of hydrogen-bond acceptors (Lipinski definition) is 4. The van der Waals surface area contributed by atoms with Gasteiger partial charge in [-0.05, 0) is 57.2 Å². The second kappa shape index (κ2) is 7.20. The zero-order valence-electron chi connectivity index (χ0n) is 12.6. The fraction of sp³-hybridized carbons (Fsp3) is 0.467. The van der Waals surface area contributed by atoms with Crippen molar-refractivity contribution in [3.05, 3.63) is 25.6 Å². The number of aromatic nitrogens is 2. The molecule has 0 radical (unpaired) electrons. The van der Waals surface area contributed by atoms with Crippen molar-refractivity contribution in [2.75, 3.05) is 11.9 Å². The minimum absolute atomic E-state index is 0.403. The highest BCUT2D eigenvalue weighted by Gasteiger charge is 2.17. The minimum Gasteiger partial charge on any atom is -0.370 e. The molecule has 0 aliphatic carbocycles. The largest absolute Gasteiger partial charge is 0.370 e. The van der Waals surface area contributed by atoms with Crippen molar-refractivity contribution in [1.29, 1.82) is 0 Å². The van der Waals surface area contributed by atoms with Crippen molar-refractivity contribution >= 4 is 49.0 Å². The third kappa shape index (κ3) is 3.85. The first-order chi connectivity index (χ1) is 9.93. The van der Waals surface area contributed by atoms with Crippen LogP contribution in [0.4, 0.5) is 5.82 Å². The van der Waals surface area contributed by atoms with E-state index in [4.69, 9.17) is 9.97 Å². The minimum atomic E-state index is 0.403. The van der Waals surface area contributed by atoms with Crippen molar-refractivity contribution in [3.8, 4) is 10.7 Å². The summed E-state index contributed by atoms with van der Waals surface area (Å²) in [5.74, 6) is 2.15. The summed E-state index contributed by atoms with van der Waals surface area (Å²) in [5, 5.41) is 3.45. The molecular weight excluding hydrogens is 414 g/mol. The highest BCUT2D eigenvalue weighted by atomic mass is 79.9. The molecule has 0 spiro atoms. The Labute approximate surface area is 146 Å². The van der Waals surface area contributed by atoms with Crippen molar-refractivity contribution in [2.24, 2.45) is 0 Å². The molecule has 114 valence electrons. The lowest BCUT2D eigenvalue weighted by atomic mass is 10.0. The maximum Gasteiger partial charge on any atom is 0.171 e. The number of halogens is 2. The van der Waals surface area contributed by atoms with E-state index in [1.165, 1.54) is 5.56 Å². The van der Waals surface area contributed by atoms with E-state index in [0.29, 0.717) is 5.92 Å². The molecule has 2 aromatic heterocycles. The number of nitrogens with zero attached hydrogens (tertiary/aromatic N) is 2. The van der Waals surface area contributed by atoms with E-state index in [9.17, 15) is 0 Å². The number of aryl methyl sites for hydroxylation is 1. The summed E-state index contributed by atoms with van der Waals surface area (Å²) < 4.78 is 2.11. The molecule has 0 aliphatic heterocycles. The lowest BCUT2D eigenvalue weighted by Gasteiger charge is -2.16.